The lowest BCUT2D eigenvalue weighted by Gasteiger charge is -2.30. The van der Waals surface area contributed by atoms with Crippen LogP contribution in [0.4, 0.5) is 17.6 Å². The molecule has 3 heterocycles. The first-order chi connectivity index (χ1) is 14.7. The van der Waals surface area contributed by atoms with Gasteiger partial charge in [-0.3, -0.25) is 9.69 Å². The largest absolute Gasteiger partial charge is 0.435 e. The monoisotopic (exact) mass is 439 g/mol. The van der Waals surface area contributed by atoms with Crippen molar-refractivity contribution in [3.05, 3.63) is 59.2 Å². The molecule has 0 aromatic heterocycles. The molecule has 0 saturated carbocycles. The molecule has 166 valence electrons. The summed E-state index contributed by atoms with van der Waals surface area (Å²) in [7, 11) is 0. The van der Waals surface area contributed by atoms with Gasteiger partial charge in [-0.05, 0) is 41.8 Å². The standard InChI is InChI=1S/C20H21F4N5O2/c21-14-2-1-13-9-28(6-5-12(13)7-14)10-15(30)8-25-19(31)16-11-29-18(26-16)4-3-17(27-29)20(22,23)24/h1-4,7,11,15,18,26,30H,5-6,8-10H2,(H,25,31). The van der Waals surface area contributed by atoms with E-state index in [0.29, 0.717) is 26.1 Å². The number of benzene rings is 1. The maximum atomic E-state index is 13.3. The Hall–Kier alpha value is -2.92. The lowest BCUT2D eigenvalue weighted by atomic mass is 9.99. The van der Waals surface area contributed by atoms with Crippen molar-refractivity contribution in [3.8, 4) is 0 Å². The Morgan fingerprint density at radius 3 is 2.94 bits per heavy atom. The second kappa shape index (κ2) is 8.31. The molecule has 3 N–H and O–H groups in total. The van der Waals surface area contributed by atoms with Gasteiger partial charge in [-0.25, -0.2) is 9.40 Å². The summed E-state index contributed by atoms with van der Waals surface area (Å²) < 4.78 is 51.6. The van der Waals surface area contributed by atoms with Crippen molar-refractivity contribution < 1.29 is 27.5 Å². The molecule has 1 aromatic rings. The number of aliphatic hydroxyl groups is 1. The molecule has 3 aliphatic heterocycles. The van der Waals surface area contributed by atoms with Crippen molar-refractivity contribution >= 4 is 11.6 Å². The molecule has 0 radical (unpaired) electrons. The highest BCUT2D eigenvalue weighted by Crippen LogP contribution is 2.25. The topological polar surface area (TPSA) is 80.2 Å². The number of carbonyl (C=O) groups is 1. The SMILES string of the molecule is O=C(NCC(O)CN1CCc2cc(F)ccc2C1)C1=CN2N=C(C(F)(F)F)C=CC2N1. The van der Waals surface area contributed by atoms with Gasteiger partial charge in [0.1, 0.15) is 17.7 Å². The smallest absolute Gasteiger partial charge is 0.390 e. The Kier molecular flexibility index (Phi) is 5.71. The highest BCUT2D eigenvalue weighted by atomic mass is 19.4. The maximum absolute atomic E-state index is 13.3. The molecule has 7 nitrogen and oxygen atoms in total. The fourth-order valence-corrected chi connectivity index (χ4v) is 3.72. The zero-order valence-corrected chi connectivity index (χ0v) is 16.4. The number of allylic oxidation sites excluding steroid dienone is 1. The number of fused-ring (bicyclic) bond motifs is 2. The van der Waals surface area contributed by atoms with E-state index in [-0.39, 0.29) is 18.1 Å². The maximum Gasteiger partial charge on any atom is 0.435 e. The third-order valence-electron chi connectivity index (χ3n) is 5.27. The molecular formula is C20H21F4N5O2. The number of carbonyl (C=O) groups excluding carboxylic acids is 1. The van der Waals surface area contributed by atoms with Gasteiger partial charge in [0.25, 0.3) is 5.91 Å². The Balaban J connectivity index is 1.27. The average molecular weight is 439 g/mol. The lowest BCUT2D eigenvalue weighted by molar-refractivity contribution is -0.118. The van der Waals surface area contributed by atoms with Crippen LogP contribution in [0.5, 0.6) is 0 Å². The van der Waals surface area contributed by atoms with Crippen LogP contribution in [-0.4, -0.2) is 64.7 Å². The van der Waals surface area contributed by atoms with E-state index < -0.39 is 30.1 Å². The van der Waals surface area contributed by atoms with Gasteiger partial charge < -0.3 is 15.7 Å². The van der Waals surface area contributed by atoms with Gasteiger partial charge in [0.05, 0.1) is 12.3 Å². The van der Waals surface area contributed by atoms with E-state index in [2.05, 4.69) is 15.7 Å². The molecule has 1 amide bonds. The van der Waals surface area contributed by atoms with Gasteiger partial charge in [-0.2, -0.15) is 18.3 Å². The molecule has 3 aliphatic rings. The van der Waals surface area contributed by atoms with Gasteiger partial charge in [0.2, 0.25) is 0 Å². The molecule has 0 bridgehead atoms. The number of amides is 1. The van der Waals surface area contributed by atoms with Crippen LogP contribution in [0.25, 0.3) is 0 Å². The number of hydrazone groups is 1. The predicted octanol–water partition coefficient (Wildman–Crippen LogP) is 1.22. The Morgan fingerprint density at radius 1 is 1.35 bits per heavy atom. The highest BCUT2D eigenvalue weighted by molar-refractivity contribution is 6.00. The summed E-state index contributed by atoms with van der Waals surface area (Å²) in [5.74, 6) is -0.818. The summed E-state index contributed by atoms with van der Waals surface area (Å²) in [6.45, 7) is 1.54. The van der Waals surface area contributed by atoms with Crippen LogP contribution in [0, 0.1) is 5.82 Å². The van der Waals surface area contributed by atoms with Crippen LogP contribution in [-0.2, 0) is 17.8 Å². The second-order valence-electron chi connectivity index (χ2n) is 7.62. The molecule has 4 rings (SSSR count). The number of rotatable bonds is 5. The average Bonchev–Trinajstić information content (AvgIpc) is 3.15. The number of aliphatic hydroxyl groups excluding tert-OH is 1. The predicted molar refractivity (Wildman–Crippen MR) is 104 cm³/mol. The van der Waals surface area contributed by atoms with Crippen LogP contribution >= 0.6 is 0 Å². The first-order valence-corrected chi connectivity index (χ1v) is 9.75. The van der Waals surface area contributed by atoms with E-state index >= 15 is 0 Å². The zero-order chi connectivity index (χ0) is 22.2. The third-order valence-corrected chi connectivity index (χ3v) is 5.27. The first-order valence-electron chi connectivity index (χ1n) is 9.75. The highest BCUT2D eigenvalue weighted by Gasteiger charge is 2.38. The molecule has 0 fully saturated rings. The van der Waals surface area contributed by atoms with Crippen molar-refractivity contribution in [2.75, 3.05) is 19.6 Å². The molecule has 11 heteroatoms. The fourth-order valence-electron chi connectivity index (χ4n) is 3.72. The summed E-state index contributed by atoms with van der Waals surface area (Å²) >= 11 is 0. The van der Waals surface area contributed by atoms with Crippen molar-refractivity contribution in [3.63, 3.8) is 0 Å². The quantitative estimate of drug-likeness (QED) is 0.602. The minimum atomic E-state index is -4.58. The summed E-state index contributed by atoms with van der Waals surface area (Å²) in [4.78, 5) is 14.4. The van der Waals surface area contributed by atoms with E-state index in [9.17, 15) is 27.5 Å². The minimum absolute atomic E-state index is 0.0256. The molecule has 0 spiro atoms. The van der Waals surface area contributed by atoms with Crippen molar-refractivity contribution in [1.82, 2.24) is 20.5 Å². The normalized spacial score (nSPS) is 21.6. The minimum Gasteiger partial charge on any atom is -0.390 e. The molecular weight excluding hydrogens is 418 g/mol. The number of nitrogens with one attached hydrogen (secondary N) is 2. The summed E-state index contributed by atoms with van der Waals surface area (Å²) in [6.07, 6.45) is -2.09. The Labute approximate surface area is 175 Å². The van der Waals surface area contributed by atoms with E-state index in [1.165, 1.54) is 24.4 Å². The third kappa shape index (κ3) is 4.88. The molecule has 31 heavy (non-hydrogen) atoms. The summed E-state index contributed by atoms with van der Waals surface area (Å²) in [5, 5.41) is 20.2. The van der Waals surface area contributed by atoms with Gasteiger partial charge in [0.15, 0.2) is 5.71 Å². The Bertz CT molecular complexity index is 959. The van der Waals surface area contributed by atoms with Crippen LogP contribution in [0.15, 0.2) is 47.3 Å². The molecule has 1 aromatic carbocycles. The molecule has 0 saturated heterocycles. The van der Waals surface area contributed by atoms with Gasteiger partial charge in [0, 0.05) is 26.2 Å². The molecule has 2 atom stereocenters. The van der Waals surface area contributed by atoms with Crippen molar-refractivity contribution in [2.45, 2.75) is 31.4 Å². The number of nitrogens with zero attached hydrogens (tertiary/aromatic N) is 3. The van der Waals surface area contributed by atoms with E-state index in [1.807, 2.05) is 4.90 Å². The van der Waals surface area contributed by atoms with E-state index in [4.69, 9.17) is 0 Å². The van der Waals surface area contributed by atoms with Gasteiger partial charge in [-0.1, -0.05) is 6.07 Å². The Morgan fingerprint density at radius 2 is 2.16 bits per heavy atom. The van der Waals surface area contributed by atoms with Gasteiger partial charge in [-0.15, -0.1) is 0 Å². The summed E-state index contributed by atoms with van der Waals surface area (Å²) in [5.41, 5.74) is 0.973. The molecule has 0 aliphatic carbocycles. The number of hydrogen-bond donors (Lipinski definition) is 3. The van der Waals surface area contributed by atoms with Crippen LogP contribution in [0.1, 0.15) is 11.1 Å². The van der Waals surface area contributed by atoms with Crippen LogP contribution in [0.2, 0.25) is 0 Å². The number of β-amino-alcohol motifs (C(OH)–C–C–N with tert-alkyl or cyclic N) is 1. The number of hydrogen-bond acceptors (Lipinski definition) is 6. The lowest BCUT2D eigenvalue weighted by Crippen LogP contribution is -2.43. The van der Waals surface area contributed by atoms with E-state index in [1.54, 1.807) is 6.07 Å². The second-order valence-corrected chi connectivity index (χ2v) is 7.62. The van der Waals surface area contributed by atoms with Crippen molar-refractivity contribution in [2.24, 2.45) is 5.10 Å². The van der Waals surface area contributed by atoms with Crippen molar-refractivity contribution in [1.29, 1.82) is 0 Å². The number of halogens is 4. The zero-order valence-electron chi connectivity index (χ0n) is 16.4. The van der Waals surface area contributed by atoms with Gasteiger partial charge >= 0.3 is 6.18 Å². The van der Waals surface area contributed by atoms with Crippen LogP contribution in [0.3, 0.4) is 0 Å². The summed E-state index contributed by atoms with van der Waals surface area (Å²) in [6, 6.07) is 4.67. The molecule has 2 unspecified atom stereocenters. The fraction of sp³-hybridized carbons (Fsp3) is 0.400. The van der Waals surface area contributed by atoms with E-state index in [0.717, 1.165) is 22.2 Å². The number of alkyl halides is 3. The first kappa shape index (κ1) is 21.3. The van der Waals surface area contributed by atoms with Crippen LogP contribution < -0.4 is 10.6 Å².